The molecule has 0 aliphatic heterocycles. The van der Waals surface area contributed by atoms with Crippen LogP contribution in [0.2, 0.25) is 0 Å². The molecule has 0 heterocycles. The smallest absolute Gasteiger partial charge is 0.303 e. The van der Waals surface area contributed by atoms with E-state index in [4.69, 9.17) is 5.11 Å². The fourth-order valence-corrected chi connectivity index (χ4v) is 2.26. The molecule has 1 saturated carbocycles. The van der Waals surface area contributed by atoms with Crippen molar-refractivity contribution in [2.75, 3.05) is 4.90 Å². The van der Waals surface area contributed by atoms with E-state index >= 15 is 0 Å². The van der Waals surface area contributed by atoms with E-state index in [0.717, 1.165) is 30.5 Å². The molecular weight excluding hydrogens is 240 g/mol. The number of nitriles is 1. The summed E-state index contributed by atoms with van der Waals surface area (Å²) in [5.41, 5.74) is 2.06. The largest absolute Gasteiger partial charge is 0.481 e. The minimum Gasteiger partial charge on any atom is -0.481 e. The first-order valence-corrected chi connectivity index (χ1v) is 6.70. The Bertz CT molecular complexity index is 472. The van der Waals surface area contributed by atoms with Crippen LogP contribution in [0.15, 0.2) is 24.3 Å². The van der Waals surface area contributed by atoms with Gasteiger partial charge in [-0.25, -0.2) is 0 Å². The molecule has 1 aromatic rings. The standard InChI is InChI=1S/C15H18N2O2/c16-11-17(13-4-2-5-13)14-9-7-12(8-10-14)3-1-6-15(18)19/h7-10,13H,1-6H2,(H,18,19). The Labute approximate surface area is 113 Å². The number of hydrogen-bond acceptors (Lipinski definition) is 3. The minimum absolute atomic E-state index is 0.203. The maximum atomic E-state index is 10.4. The molecule has 0 unspecified atom stereocenters. The summed E-state index contributed by atoms with van der Waals surface area (Å²) in [4.78, 5) is 12.2. The molecule has 1 fully saturated rings. The zero-order valence-electron chi connectivity index (χ0n) is 10.9. The van der Waals surface area contributed by atoms with Crippen LogP contribution in [0, 0.1) is 11.5 Å². The van der Waals surface area contributed by atoms with Gasteiger partial charge in [0.25, 0.3) is 0 Å². The SMILES string of the molecule is N#CN(c1ccc(CCCC(=O)O)cc1)C1CCC1. The van der Waals surface area contributed by atoms with Crippen LogP contribution in [0.4, 0.5) is 5.69 Å². The average molecular weight is 258 g/mol. The summed E-state index contributed by atoms with van der Waals surface area (Å²) in [6.07, 6.45) is 7.26. The van der Waals surface area contributed by atoms with E-state index in [1.807, 2.05) is 24.3 Å². The molecule has 19 heavy (non-hydrogen) atoms. The quantitative estimate of drug-likeness (QED) is 0.629. The van der Waals surface area contributed by atoms with Crippen molar-refractivity contribution in [1.82, 2.24) is 0 Å². The molecule has 1 aliphatic carbocycles. The van der Waals surface area contributed by atoms with Gasteiger partial charge < -0.3 is 5.11 Å². The molecule has 1 N–H and O–H groups in total. The number of rotatable bonds is 6. The molecule has 4 heteroatoms. The van der Waals surface area contributed by atoms with Gasteiger partial charge >= 0.3 is 5.97 Å². The van der Waals surface area contributed by atoms with Crippen molar-refractivity contribution >= 4 is 11.7 Å². The van der Waals surface area contributed by atoms with Crippen LogP contribution in [-0.4, -0.2) is 17.1 Å². The second kappa shape index (κ2) is 6.24. The normalized spacial score (nSPS) is 14.5. The van der Waals surface area contributed by atoms with Crippen molar-refractivity contribution < 1.29 is 9.90 Å². The monoisotopic (exact) mass is 258 g/mol. The Morgan fingerprint density at radius 3 is 2.53 bits per heavy atom. The average Bonchev–Trinajstić information content (AvgIpc) is 2.34. The highest BCUT2D eigenvalue weighted by Crippen LogP contribution is 2.29. The van der Waals surface area contributed by atoms with Gasteiger partial charge in [-0.15, -0.1) is 0 Å². The molecule has 2 rings (SSSR count). The molecule has 0 saturated heterocycles. The lowest BCUT2D eigenvalue weighted by Gasteiger charge is -2.33. The Balaban J connectivity index is 1.93. The van der Waals surface area contributed by atoms with E-state index in [9.17, 15) is 10.1 Å². The van der Waals surface area contributed by atoms with Crippen molar-refractivity contribution in [3.05, 3.63) is 29.8 Å². The third-order valence-corrected chi connectivity index (χ3v) is 3.62. The summed E-state index contributed by atoms with van der Waals surface area (Å²) in [6.45, 7) is 0. The third-order valence-electron chi connectivity index (χ3n) is 3.62. The zero-order valence-corrected chi connectivity index (χ0v) is 10.9. The molecule has 4 nitrogen and oxygen atoms in total. The third kappa shape index (κ3) is 3.47. The maximum absolute atomic E-state index is 10.4. The van der Waals surface area contributed by atoms with Gasteiger partial charge in [0.1, 0.15) is 0 Å². The second-order valence-electron chi connectivity index (χ2n) is 4.97. The number of carboxylic acids is 1. The number of hydrogen-bond donors (Lipinski definition) is 1. The lowest BCUT2D eigenvalue weighted by Crippen LogP contribution is -2.36. The highest BCUT2D eigenvalue weighted by molar-refractivity contribution is 5.66. The first-order chi connectivity index (χ1) is 9.20. The van der Waals surface area contributed by atoms with Gasteiger partial charge in [-0.05, 0) is 49.8 Å². The molecule has 100 valence electrons. The van der Waals surface area contributed by atoms with E-state index in [1.54, 1.807) is 4.90 Å². The lowest BCUT2D eigenvalue weighted by molar-refractivity contribution is -0.137. The predicted molar refractivity (Wildman–Crippen MR) is 72.7 cm³/mol. The topological polar surface area (TPSA) is 64.3 Å². The second-order valence-corrected chi connectivity index (χ2v) is 4.97. The lowest BCUT2D eigenvalue weighted by atomic mass is 9.91. The van der Waals surface area contributed by atoms with Gasteiger partial charge in [-0.2, -0.15) is 5.26 Å². The van der Waals surface area contributed by atoms with Crippen LogP contribution < -0.4 is 4.90 Å². The molecule has 0 bridgehead atoms. The van der Waals surface area contributed by atoms with Gasteiger partial charge in [0.15, 0.2) is 6.19 Å². The van der Waals surface area contributed by atoms with Crippen LogP contribution in [0.5, 0.6) is 0 Å². The van der Waals surface area contributed by atoms with Crippen molar-refractivity contribution in [1.29, 1.82) is 5.26 Å². The molecule has 0 spiro atoms. The first-order valence-electron chi connectivity index (χ1n) is 6.70. The van der Waals surface area contributed by atoms with Gasteiger partial charge in [0.2, 0.25) is 0 Å². The predicted octanol–water partition coefficient (Wildman–Crippen LogP) is 2.93. The summed E-state index contributed by atoms with van der Waals surface area (Å²) in [7, 11) is 0. The van der Waals surface area contributed by atoms with E-state index in [2.05, 4.69) is 6.19 Å². The molecule has 0 aromatic heterocycles. The summed E-state index contributed by atoms with van der Waals surface area (Å²) in [5.74, 6) is -0.753. The highest BCUT2D eigenvalue weighted by Gasteiger charge is 2.25. The summed E-state index contributed by atoms with van der Waals surface area (Å²) in [5, 5.41) is 17.8. The minimum atomic E-state index is -0.753. The number of aryl methyl sites for hydroxylation is 1. The first kappa shape index (κ1) is 13.4. The number of carboxylic acid groups (broad SMARTS) is 1. The summed E-state index contributed by atoms with van der Waals surface area (Å²) < 4.78 is 0. The van der Waals surface area contributed by atoms with Crippen LogP contribution >= 0.6 is 0 Å². The Morgan fingerprint density at radius 2 is 2.05 bits per heavy atom. The van der Waals surface area contributed by atoms with E-state index in [1.165, 1.54) is 6.42 Å². The van der Waals surface area contributed by atoms with E-state index in [0.29, 0.717) is 12.5 Å². The maximum Gasteiger partial charge on any atom is 0.303 e. The Kier molecular flexibility index (Phi) is 4.40. The Morgan fingerprint density at radius 1 is 1.37 bits per heavy atom. The molecule has 0 radical (unpaired) electrons. The fourth-order valence-electron chi connectivity index (χ4n) is 2.26. The number of benzene rings is 1. The van der Waals surface area contributed by atoms with Crippen molar-refractivity contribution in [2.24, 2.45) is 0 Å². The number of nitrogens with zero attached hydrogens (tertiary/aromatic N) is 2. The molecule has 1 aromatic carbocycles. The zero-order chi connectivity index (χ0) is 13.7. The highest BCUT2D eigenvalue weighted by atomic mass is 16.4. The van der Waals surface area contributed by atoms with E-state index < -0.39 is 5.97 Å². The van der Waals surface area contributed by atoms with Gasteiger partial charge in [-0.1, -0.05) is 12.1 Å². The van der Waals surface area contributed by atoms with Gasteiger partial charge in [0.05, 0.1) is 5.69 Å². The number of aliphatic carboxylic acids is 1. The van der Waals surface area contributed by atoms with Crippen LogP contribution in [0.25, 0.3) is 0 Å². The molecule has 0 atom stereocenters. The Hall–Kier alpha value is -2.02. The molecule has 1 aliphatic rings. The molecular formula is C15H18N2O2. The summed E-state index contributed by atoms with van der Waals surface area (Å²) in [6, 6.07) is 8.25. The van der Waals surface area contributed by atoms with Gasteiger partial charge in [-0.3, -0.25) is 9.69 Å². The number of carbonyl (C=O) groups is 1. The fraction of sp³-hybridized carbons (Fsp3) is 0.467. The van der Waals surface area contributed by atoms with E-state index in [-0.39, 0.29) is 6.42 Å². The van der Waals surface area contributed by atoms with Crippen LogP contribution in [-0.2, 0) is 11.2 Å². The van der Waals surface area contributed by atoms with Gasteiger partial charge in [0, 0.05) is 12.5 Å². The molecule has 0 amide bonds. The van der Waals surface area contributed by atoms with Crippen molar-refractivity contribution in [3.8, 4) is 6.19 Å². The van der Waals surface area contributed by atoms with Crippen LogP contribution in [0.3, 0.4) is 0 Å². The van der Waals surface area contributed by atoms with Crippen molar-refractivity contribution in [2.45, 2.75) is 44.6 Å². The number of anilines is 1. The van der Waals surface area contributed by atoms with Crippen molar-refractivity contribution in [3.63, 3.8) is 0 Å². The summed E-state index contributed by atoms with van der Waals surface area (Å²) >= 11 is 0. The van der Waals surface area contributed by atoms with Crippen LogP contribution in [0.1, 0.15) is 37.7 Å².